The third-order valence-electron chi connectivity index (χ3n) is 8.51. The van der Waals surface area contributed by atoms with Crippen LogP contribution in [0.3, 0.4) is 0 Å². The Morgan fingerprint density at radius 2 is 1.29 bits per heavy atom. The van der Waals surface area contributed by atoms with Gasteiger partial charge in [0.15, 0.2) is 0 Å². The maximum atomic E-state index is 14.4. The van der Waals surface area contributed by atoms with Gasteiger partial charge in [0.25, 0.3) is 11.8 Å². The Balaban J connectivity index is 1.46. The van der Waals surface area contributed by atoms with E-state index in [0.29, 0.717) is 18.7 Å². The van der Waals surface area contributed by atoms with Gasteiger partial charge in [-0.15, -0.1) is 0 Å². The Morgan fingerprint density at radius 1 is 0.756 bits per heavy atom. The molecule has 214 valence electrons. The van der Waals surface area contributed by atoms with Gasteiger partial charge in [0.1, 0.15) is 11.6 Å². The summed E-state index contributed by atoms with van der Waals surface area (Å²) in [5, 5.41) is 10.3. The standard InChI is InChI=1S/C31H32F2N4O4/c32-24-8-6-23(7-9-24)31(27(34)38,28(39)36-20-18-35(19-21-36)26-12-10-25(33)11-13-26)37-16-14-30(15-17-37,29(40)41)22-4-2-1-3-5-22/h1-13H,14-21H2,(H2,34,38)(H,40,41). The van der Waals surface area contributed by atoms with E-state index in [1.807, 2.05) is 11.0 Å². The van der Waals surface area contributed by atoms with Crippen LogP contribution < -0.4 is 10.6 Å². The van der Waals surface area contributed by atoms with E-state index >= 15 is 0 Å². The highest BCUT2D eigenvalue weighted by atomic mass is 19.1. The Labute approximate surface area is 237 Å². The van der Waals surface area contributed by atoms with Crippen LogP contribution >= 0.6 is 0 Å². The molecule has 0 saturated carbocycles. The Bertz CT molecular complexity index is 1400. The van der Waals surface area contributed by atoms with Crippen molar-refractivity contribution in [2.75, 3.05) is 44.2 Å². The van der Waals surface area contributed by atoms with E-state index < -0.39 is 34.6 Å². The highest BCUT2D eigenvalue weighted by Crippen LogP contribution is 2.41. The van der Waals surface area contributed by atoms with Crippen molar-refractivity contribution < 1.29 is 28.3 Å². The van der Waals surface area contributed by atoms with E-state index in [1.165, 1.54) is 36.4 Å². The fourth-order valence-corrected chi connectivity index (χ4v) is 6.19. The number of aliphatic carboxylic acids is 1. The zero-order valence-corrected chi connectivity index (χ0v) is 22.5. The number of likely N-dealkylation sites (tertiary alicyclic amines) is 1. The quantitative estimate of drug-likeness (QED) is 0.429. The van der Waals surface area contributed by atoms with Gasteiger partial charge in [-0.25, -0.2) is 8.78 Å². The van der Waals surface area contributed by atoms with Crippen LogP contribution in [0.4, 0.5) is 14.5 Å². The van der Waals surface area contributed by atoms with Crippen LogP contribution in [0.25, 0.3) is 0 Å². The van der Waals surface area contributed by atoms with E-state index in [-0.39, 0.29) is 50.4 Å². The third-order valence-corrected chi connectivity index (χ3v) is 8.51. The van der Waals surface area contributed by atoms with Gasteiger partial charge in [-0.1, -0.05) is 42.5 Å². The van der Waals surface area contributed by atoms with Crippen molar-refractivity contribution in [1.82, 2.24) is 9.80 Å². The summed E-state index contributed by atoms with van der Waals surface area (Å²) in [6.07, 6.45) is 0.294. The van der Waals surface area contributed by atoms with Gasteiger partial charge in [0.05, 0.1) is 5.41 Å². The summed E-state index contributed by atoms with van der Waals surface area (Å²) < 4.78 is 27.4. The monoisotopic (exact) mass is 562 g/mol. The summed E-state index contributed by atoms with van der Waals surface area (Å²) in [5.41, 5.74) is 4.64. The number of rotatable bonds is 7. The van der Waals surface area contributed by atoms with E-state index in [9.17, 15) is 28.3 Å². The van der Waals surface area contributed by atoms with Crippen molar-refractivity contribution in [3.05, 3.63) is 102 Å². The van der Waals surface area contributed by atoms with Gasteiger partial charge in [-0.05, 0) is 60.4 Å². The average Bonchev–Trinajstić information content (AvgIpc) is 2.99. The number of halogens is 2. The molecular formula is C31H32F2N4O4. The molecule has 0 spiro atoms. The summed E-state index contributed by atoms with van der Waals surface area (Å²) >= 11 is 0. The molecular weight excluding hydrogens is 530 g/mol. The molecule has 2 saturated heterocycles. The van der Waals surface area contributed by atoms with Crippen LogP contribution in [0, 0.1) is 11.6 Å². The molecule has 1 unspecified atom stereocenters. The SMILES string of the molecule is NC(=O)C(C(=O)N1CCN(c2ccc(F)cc2)CC1)(c1ccc(F)cc1)N1CCC(C(=O)O)(c2ccccc2)CC1. The number of anilines is 1. The number of amides is 2. The number of piperazine rings is 1. The van der Waals surface area contributed by atoms with Crippen molar-refractivity contribution in [2.24, 2.45) is 5.73 Å². The van der Waals surface area contributed by atoms with Crippen LogP contribution in [0.5, 0.6) is 0 Å². The largest absolute Gasteiger partial charge is 0.481 e. The first-order valence-electron chi connectivity index (χ1n) is 13.6. The molecule has 5 rings (SSSR count). The fourth-order valence-electron chi connectivity index (χ4n) is 6.19. The zero-order valence-electron chi connectivity index (χ0n) is 22.5. The number of carboxylic acid groups (broad SMARTS) is 1. The molecule has 0 aliphatic carbocycles. The lowest BCUT2D eigenvalue weighted by atomic mass is 9.71. The van der Waals surface area contributed by atoms with Crippen molar-refractivity contribution in [2.45, 2.75) is 23.8 Å². The van der Waals surface area contributed by atoms with Crippen molar-refractivity contribution in [3.63, 3.8) is 0 Å². The topological polar surface area (TPSA) is 107 Å². The number of carbonyl (C=O) groups excluding carboxylic acids is 2. The average molecular weight is 563 g/mol. The number of nitrogens with zero attached hydrogens (tertiary/aromatic N) is 3. The first kappa shape index (κ1) is 28.2. The first-order chi connectivity index (χ1) is 19.7. The van der Waals surface area contributed by atoms with E-state index in [1.54, 1.807) is 46.2 Å². The van der Waals surface area contributed by atoms with Gasteiger partial charge in [0, 0.05) is 45.0 Å². The molecule has 41 heavy (non-hydrogen) atoms. The van der Waals surface area contributed by atoms with E-state index in [4.69, 9.17) is 5.73 Å². The second kappa shape index (κ2) is 11.3. The van der Waals surface area contributed by atoms with Crippen LogP contribution in [0.2, 0.25) is 0 Å². The van der Waals surface area contributed by atoms with Crippen molar-refractivity contribution >= 4 is 23.5 Å². The lowest BCUT2D eigenvalue weighted by Crippen LogP contribution is -2.67. The van der Waals surface area contributed by atoms with E-state index in [2.05, 4.69) is 0 Å². The first-order valence-corrected chi connectivity index (χ1v) is 13.6. The molecule has 0 radical (unpaired) electrons. The van der Waals surface area contributed by atoms with Gasteiger partial charge in [-0.2, -0.15) is 0 Å². The second-order valence-electron chi connectivity index (χ2n) is 10.6. The smallest absolute Gasteiger partial charge is 0.314 e. The molecule has 3 aromatic carbocycles. The molecule has 3 aromatic rings. The van der Waals surface area contributed by atoms with Crippen LogP contribution in [0.15, 0.2) is 78.9 Å². The molecule has 3 N–H and O–H groups in total. The predicted octanol–water partition coefficient (Wildman–Crippen LogP) is 3.11. The van der Waals surface area contributed by atoms with Gasteiger partial charge in [0.2, 0.25) is 5.54 Å². The minimum atomic E-state index is -1.95. The van der Waals surface area contributed by atoms with Gasteiger partial charge in [-0.3, -0.25) is 19.3 Å². The molecule has 8 nitrogen and oxygen atoms in total. The molecule has 0 bridgehead atoms. The maximum absolute atomic E-state index is 14.4. The normalized spacial score (nSPS) is 18.9. The third kappa shape index (κ3) is 5.04. The summed E-state index contributed by atoms with van der Waals surface area (Å²) in [5.74, 6) is -3.28. The molecule has 2 amide bonds. The lowest BCUT2D eigenvalue weighted by Gasteiger charge is -2.49. The molecule has 2 fully saturated rings. The Kier molecular flexibility index (Phi) is 7.77. The second-order valence-corrected chi connectivity index (χ2v) is 10.6. The molecule has 0 aromatic heterocycles. The number of benzene rings is 3. The molecule has 1 atom stereocenters. The number of carbonyl (C=O) groups is 3. The number of piperidine rings is 1. The molecule has 2 aliphatic heterocycles. The van der Waals surface area contributed by atoms with Crippen LogP contribution in [-0.4, -0.2) is 72.0 Å². The highest BCUT2D eigenvalue weighted by molar-refractivity contribution is 6.10. The summed E-state index contributed by atoms with van der Waals surface area (Å²) in [6.45, 7) is 1.66. The van der Waals surface area contributed by atoms with Crippen LogP contribution in [0.1, 0.15) is 24.0 Å². The minimum Gasteiger partial charge on any atom is -0.481 e. The summed E-state index contributed by atoms with van der Waals surface area (Å²) in [7, 11) is 0. The molecule has 2 heterocycles. The Morgan fingerprint density at radius 3 is 1.80 bits per heavy atom. The number of primary amides is 1. The maximum Gasteiger partial charge on any atom is 0.314 e. The fraction of sp³-hybridized carbons (Fsp3) is 0.323. The Hall–Kier alpha value is -4.31. The number of nitrogens with two attached hydrogens (primary N) is 1. The summed E-state index contributed by atoms with van der Waals surface area (Å²) in [6, 6.07) is 20.2. The van der Waals surface area contributed by atoms with Gasteiger partial charge < -0.3 is 20.6 Å². The van der Waals surface area contributed by atoms with E-state index in [0.717, 1.165) is 5.69 Å². The molecule has 2 aliphatic rings. The number of carboxylic acids is 1. The molecule has 10 heteroatoms. The zero-order chi connectivity index (χ0) is 29.2. The minimum absolute atomic E-state index is 0.1000. The summed E-state index contributed by atoms with van der Waals surface area (Å²) in [4.78, 5) is 45.7. The number of hydrogen-bond donors (Lipinski definition) is 2. The lowest BCUT2D eigenvalue weighted by molar-refractivity contribution is -0.157. The van der Waals surface area contributed by atoms with Crippen molar-refractivity contribution in [1.29, 1.82) is 0 Å². The van der Waals surface area contributed by atoms with Crippen LogP contribution in [-0.2, 0) is 25.3 Å². The predicted molar refractivity (Wildman–Crippen MR) is 149 cm³/mol. The van der Waals surface area contributed by atoms with Gasteiger partial charge >= 0.3 is 5.97 Å². The number of hydrogen-bond acceptors (Lipinski definition) is 5. The highest BCUT2D eigenvalue weighted by Gasteiger charge is 2.56. The van der Waals surface area contributed by atoms with Crippen molar-refractivity contribution in [3.8, 4) is 0 Å².